The van der Waals surface area contributed by atoms with Crippen LogP contribution in [0.4, 0.5) is 0 Å². The van der Waals surface area contributed by atoms with Gasteiger partial charge in [0.1, 0.15) is 22.7 Å². The molecular formula is C7H7BrN2O2. The molecule has 0 amide bonds. The van der Waals surface area contributed by atoms with Crippen LogP contribution in [0.25, 0.3) is 0 Å². The van der Waals surface area contributed by atoms with Crippen LogP contribution < -0.4 is 0 Å². The molecule has 4 nitrogen and oxygen atoms in total. The van der Waals surface area contributed by atoms with Crippen LogP contribution in [0.1, 0.15) is 16.3 Å². The molecule has 0 bridgehead atoms. The van der Waals surface area contributed by atoms with Gasteiger partial charge in [-0.25, -0.2) is 4.98 Å². The lowest BCUT2D eigenvalue weighted by Crippen LogP contribution is -2.16. The van der Waals surface area contributed by atoms with Crippen LogP contribution in [0.5, 0.6) is 0 Å². The Kier molecular flexibility index (Phi) is 1.98. The Bertz CT molecular complexity index is 321. The summed E-state index contributed by atoms with van der Waals surface area (Å²) in [7, 11) is 0. The second kappa shape index (κ2) is 2.99. The predicted octanol–water partition coefficient (Wildman–Crippen LogP) is 0.988. The van der Waals surface area contributed by atoms with Gasteiger partial charge in [-0.1, -0.05) is 0 Å². The average Bonchev–Trinajstić information content (AvgIpc) is 2.44. The predicted molar refractivity (Wildman–Crippen MR) is 45.0 cm³/mol. The molecule has 1 aromatic rings. The van der Waals surface area contributed by atoms with Crippen LogP contribution >= 0.6 is 15.9 Å². The van der Waals surface area contributed by atoms with Crippen molar-refractivity contribution < 1.29 is 9.53 Å². The minimum atomic E-state index is 0.454. The van der Waals surface area contributed by atoms with Gasteiger partial charge in [0.15, 0.2) is 6.29 Å². The largest absolute Gasteiger partial charge is 0.372 e. The van der Waals surface area contributed by atoms with Gasteiger partial charge in [0.2, 0.25) is 0 Å². The second-order valence-electron chi connectivity index (χ2n) is 2.53. The Morgan fingerprint density at radius 1 is 1.67 bits per heavy atom. The molecule has 0 fully saturated rings. The van der Waals surface area contributed by atoms with Crippen LogP contribution in [0.3, 0.4) is 0 Å². The van der Waals surface area contributed by atoms with Crippen molar-refractivity contribution in [1.29, 1.82) is 0 Å². The molecule has 1 aromatic heterocycles. The third kappa shape index (κ3) is 1.09. The van der Waals surface area contributed by atoms with Crippen molar-refractivity contribution in [2.75, 3.05) is 6.61 Å². The van der Waals surface area contributed by atoms with Gasteiger partial charge >= 0.3 is 0 Å². The number of fused-ring (bicyclic) bond motifs is 1. The number of nitrogens with zero attached hydrogens (tertiary/aromatic N) is 2. The number of hydrogen-bond acceptors (Lipinski definition) is 3. The minimum absolute atomic E-state index is 0.454. The Morgan fingerprint density at radius 2 is 2.50 bits per heavy atom. The summed E-state index contributed by atoms with van der Waals surface area (Å²) >= 11 is 3.31. The maximum atomic E-state index is 10.5. The summed E-state index contributed by atoms with van der Waals surface area (Å²) in [5.41, 5.74) is 0.454. The molecule has 1 aliphatic heterocycles. The lowest BCUT2D eigenvalue weighted by molar-refractivity contribution is 0.0809. The maximum absolute atomic E-state index is 10.5. The summed E-state index contributed by atoms with van der Waals surface area (Å²) in [5.74, 6) is 0.815. The van der Waals surface area contributed by atoms with Gasteiger partial charge in [0, 0.05) is 6.54 Å². The van der Waals surface area contributed by atoms with Crippen molar-refractivity contribution in [3.63, 3.8) is 0 Å². The highest BCUT2D eigenvalue weighted by Gasteiger charge is 2.17. The number of aldehydes is 1. The third-order valence-corrected chi connectivity index (χ3v) is 2.65. The van der Waals surface area contributed by atoms with Crippen molar-refractivity contribution in [3.8, 4) is 0 Å². The standard InChI is InChI=1S/C7H7BrN2O2/c8-7-5(3-11)9-6-4-12-2-1-10(6)7/h3H,1-2,4H2. The molecule has 2 heterocycles. The van der Waals surface area contributed by atoms with E-state index in [1.54, 1.807) is 0 Å². The van der Waals surface area contributed by atoms with Crippen LogP contribution in [-0.2, 0) is 17.9 Å². The van der Waals surface area contributed by atoms with E-state index in [-0.39, 0.29) is 0 Å². The van der Waals surface area contributed by atoms with Gasteiger partial charge in [-0.05, 0) is 15.9 Å². The van der Waals surface area contributed by atoms with Crippen LogP contribution in [-0.4, -0.2) is 22.4 Å². The Hall–Kier alpha value is -0.680. The van der Waals surface area contributed by atoms with Crippen molar-refractivity contribution in [2.45, 2.75) is 13.2 Å². The van der Waals surface area contributed by atoms with E-state index >= 15 is 0 Å². The van der Waals surface area contributed by atoms with Crippen molar-refractivity contribution in [3.05, 3.63) is 16.1 Å². The topological polar surface area (TPSA) is 44.1 Å². The molecule has 0 aromatic carbocycles. The summed E-state index contributed by atoms with van der Waals surface area (Å²) in [5, 5.41) is 0. The Morgan fingerprint density at radius 3 is 3.17 bits per heavy atom. The van der Waals surface area contributed by atoms with E-state index in [1.165, 1.54) is 0 Å². The minimum Gasteiger partial charge on any atom is -0.372 e. The van der Waals surface area contributed by atoms with Crippen molar-refractivity contribution >= 4 is 22.2 Å². The van der Waals surface area contributed by atoms with E-state index in [0.717, 1.165) is 23.3 Å². The molecule has 64 valence electrons. The summed E-state index contributed by atoms with van der Waals surface area (Å²) in [6.45, 7) is 1.93. The van der Waals surface area contributed by atoms with Gasteiger partial charge in [0.05, 0.1) is 6.61 Å². The highest BCUT2D eigenvalue weighted by atomic mass is 79.9. The number of hydrogen-bond donors (Lipinski definition) is 0. The highest BCUT2D eigenvalue weighted by Crippen LogP contribution is 2.20. The molecule has 0 spiro atoms. The fraction of sp³-hybridized carbons (Fsp3) is 0.429. The molecule has 0 unspecified atom stereocenters. The highest BCUT2D eigenvalue weighted by molar-refractivity contribution is 9.10. The molecular weight excluding hydrogens is 224 g/mol. The zero-order chi connectivity index (χ0) is 8.55. The van der Waals surface area contributed by atoms with E-state index < -0.39 is 0 Å². The summed E-state index contributed by atoms with van der Waals surface area (Å²) in [4.78, 5) is 14.6. The molecule has 0 N–H and O–H groups in total. The van der Waals surface area contributed by atoms with Crippen LogP contribution in [0.15, 0.2) is 4.60 Å². The summed E-state index contributed by atoms with van der Waals surface area (Å²) in [6, 6.07) is 0. The Labute approximate surface area is 77.7 Å². The van der Waals surface area contributed by atoms with Crippen molar-refractivity contribution in [2.24, 2.45) is 0 Å². The first-order valence-electron chi connectivity index (χ1n) is 3.60. The number of carbonyl (C=O) groups excluding carboxylic acids is 1. The van der Waals surface area contributed by atoms with E-state index in [9.17, 15) is 4.79 Å². The summed E-state index contributed by atoms with van der Waals surface area (Å²) < 4.78 is 7.90. The van der Waals surface area contributed by atoms with Gasteiger partial charge in [-0.2, -0.15) is 0 Å². The number of carbonyl (C=O) groups is 1. The molecule has 2 rings (SSSR count). The first-order valence-corrected chi connectivity index (χ1v) is 4.40. The molecule has 0 saturated heterocycles. The van der Waals surface area contributed by atoms with Gasteiger partial charge in [-0.3, -0.25) is 4.79 Å². The maximum Gasteiger partial charge on any atom is 0.171 e. The first-order chi connectivity index (χ1) is 5.83. The van der Waals surface area contributed by atoms with E-state index in [4.69, 9.17) is 4.74 Å². The van der Waals surface area contributed by atoms with E-state index in [2.05, 4.69) is 20.9 Å². The van der Waals surface area contributed by atoms with Gasteiger partial charge in [0.25, 0.3) is 0 Å². The fourth-order valence-electron chi connectivity index (χ4n) is 1.23. The Balaban J connectivity index is 2.51. The van der Waals surface area contributed by atoms with Gasteiger partial charge in [-0.15, -0.1) is 0 Å². The number of rotatable bonds is 1. The number of aromatic nitrogens is 2. The van der Waals surface area contributed by atoms with E-state index in [1.807, 2.05) is 4.57 Å². The van der Waals surface area contributed by atoms with Crippen LogP contribution in [0.2, 0.25) is 0 Å². The number of imidazole rings is 1. The smallest absolute Gasteiger partial charge is 0.171 e. The fourth-order valence-corrected chi connectivity index (χ4v) is 1.79. The average molecular weight is 231 g/mol. The zero-order valence-corrected chi connectivity index (χ0v) is 7.87. The molecule has 0 aliphatic carbocycles. The lowest BCUT2D eigenvalue weighted by Gasteiger charge is -2.14. The zero-order valence-electron chi connectivity index (χ0n) is 6.29. The lowest BCUT2D eigenvalue weighted by atomic mass is 10.5. The molecule has 1 aliphatic rings. The molecule has 0 atom stereocenters. The molecule has 12 heavy (non-hydrogen) atoms. The van der Waals surface area contributed by atoms with Crippen LogP contribution in [0, 0.1) is 0 Å². The third-order valence-electron chi connectivity index (χ3n) is 1.81. The molecule has 0 radical (unpaired) electrons. The van der Waals surface area contributed by atoms with Crippen molar-refractivity contribution in [1.82, 2.24) is 9.55 Å². The van der Waals surface area contributed by atoms with Gasteiger partial charge < -0.3 is 9.30 Å². The quantitative estimate of drug-likeness (QED) is 0.677. The second-order valence-corrected chi connectivity index (χ2v) is 3.28. The molecule has 5 heteroatoms. The monoisotopic (exact) mass is 230 g/mol. The SMILES string of the molecule is O=Cc1nc2n(c1Br)CCOC2. The first kappa shape index (κ1) is 7.94. The normalized spacial score (nSPS) is 15.8. The number of ether oxygens (including phenoxy) is 1. The van der Waals surface area contributed by atoms with E-state index in [0.29, 0.717) is 18.9 Å². The number of halogens is 1. The summed E-state index contributed by atoms with van der Waals surface area (Å²) in [6.07, 6.45) is 0.745. The molecule has 0 saturated carbocycles.